The zero-order valence-corrected chi connectivity index (χ0v) is 13.2. The molecule has 0 aromatic carbocycles. The topological polar surface area (TPSA) is 62.2 Å². The van der Waals surface area contributed by atoms with Crippen LogP contribution in [-0.2, 0) is 16.8 Å². The number of hydrogen-bond acceptors (Lipinski definition) is 4. The van der Waals surface area contributed by atoms with Crippen molar-refractivity contribution in [3.05, 3.63) is 16.1 Å². The van der Waals surface area contributed by atoms with Crippen LogP contribution in [0.4, 0.5) is 0 Å². The molecule has 0 amide bonds. The van der Waals surface area contributed by atoms with E-state index in [1.54, 1.807) is 25.2 Å². The van der Waals surface area contributed by atoms with E-state index in [1.165, 1.54) is 0 Å². The van der Waals surface area contributed by atoms with Crippen LogP contribution in [0.2, 0.25) is 0 Å². The van der Waals surface area contributed by atoms with Gasteiger partial charge in [-0.05, 0) is 26.8 Å². The highest BCUT2D eigenvalue weighted by atomic mass is 32.1. The summed E-state index contributed by atoms with van der Waals surface area (Å²) < 4.78 is 0. The molecule has 0 unspecified atom stereocenters. The lowest BCUT2D eigenvalue weighted by Crippen LogP contribution is -2.28. The van der Waals surface area contributed by atoms with Gasteiger partial charge in [-0.2, -0.15) is 0 Å². The molecule has 0 aliphatic rings. The second kappa shape index (κ2) is 6.01. The first-order valence-corrected chi connectivity index (χ1v) is 7.40. The summed E-state index contributed by atoms with van der Waals surface area (Å²) in [5, 5.41) is 15.5. The average Bonchev–Trinajstić information content (AvgIpc) is 2.72. The van der Waals surface area contributed by atoms with Gasteiger partial charge in [-0.3, -0.25) is 4.79 Å². The molecule has 0 saturated carbocycles. The highest BCUT2D eigenvalue weighted by molar-refractivity contribution is 7.09. The van der Waals surface area contributed by atoms with E-state index in [0.29, 0.717) is 19.5 Å². The molecular weight excluding hydrogens is 260 g/mol. The quantitative estimate of drug-likeness (QED) is 0.788. The molecule has 0 aliphatic heterocycles. The fourth-order valence-electron chi connectivity index (χ4n) is 1.46. The summed E-state index contributed by atoms with van der Waals surface area (Å²) in [6.45, 7) is 11.3. The van der Waals surface area contributed by atoms with Crippen molar-refractivity contribution >= 4 is 17.3 Å². The lowest BCUT2D eigenvalue weighted by Gasteiger charge is -2.18. The summed E-state index contributed by atoms with van der Waals surface area (Å²) in [7, 11) is 0. The number of carboxylic acid groups (broad SMARTS) is 1. The number of carboxylic acids is 1. The second-order valence-electron chi connectivity index (χ2n) is 6.51. The Morgan fingerprint density at radius 2 is 2.00 bits per heavy atom. The molecule has 2 N–H and O–H groups in total. The number of nitrogens with zero attached hydrogens (tertiary/aromatic N) is 1. The first kappa shape index (κ1) is 16.1. The Morgan fingerprint density at radius 3 is 2.47 bits per heavy atom. The predicted molar refractivity (Wildman–Crippen MR) is 78.6 cm³/mol. The predicted octanol–water partition coefficient (Wildman–Crippen LogP) is 3.03. The van der Waals surface area contributed by atoms with Gasteiger partial charge in [0.15, 0.2) is 0 Å². The van der Waals surface area contributed by atoms with Gasteiger partial charge >= 0.3 is 5.97 Å². The third kappa shape index (κ3) is 4.91. The highest BCUT2D eigenvalue weighted by Crippen LogP contribution is 2.25. The molecule has 0 atom stereocenters. The minimum atomic E-state index is -0.752. The Labute approximate surface area is 119 Å². The molecule has 0 saturated heterocycles. The lowest BCUT2D eigenvalue weighted by molar-refractivity contribution is -0.147. The Morgan fingerprint density at radius 1 is 1.37 bits per heavy atom. The van der Waals surface area contributed by atoms with Gasteiger partial charge in [-0.25, -0.2) is 4.98 Å². The molecule has 0 aliphatic carbocycles. The van der Waals surface area contributed by atoms with Crippen molar-refractivity contribution < 1.29 is 9.90 Å². The van der Waals surface area contributed by atoms with Crippen molar-refractivity contribution in [2.45, 2.75) is 53.0 Å². The maximum absolute atomic E-state index is 11.0. The third-order valence-corrected chi connectivity index (χ3v) is 4.32. The van der Waals surface area contributed by atoms with Crippen molar-refractivity contribution in [3.63, 3.8) is 0 Å². The van der Waals surface area contributed by atoms with Crippen LogP contribution in [0.15, 0.2) is 5.38 Å². The van der Waals surface area contributed by atoms with Crippen LogP contribution in [0.3, 0.4) is 0 Å². The molecule has 0 bridgehead atoms. The maximum Gasteiger partial charge on any atom is 0.309 e. The summed E-state index contributed by atoms with van der Waals surface area (Å²) in [4.78, 5) is 15.6. The van der Waals surface area contributed by atoms with Crippen LogP contribution in [0, 0.1) is 5.41 Å². The SMILES string of the molecule is CC(C)(CCNCc1csc(C(C)(C)C)n1)C(=O)O. The molecule has 5 heteroatoms. The van der Waals surface area contributed by atoms with Gasteiger partial charge in [0.25, 0.3) is 0 Å². The molecule has 0 spiro atoms. The van der Waals surface area contributed by atoms with Crippen LogP contribution >= 0.6 is 11.3 Å². The maximum atomic E-state index is 11.0. The number of carbonyl (C=O) groups is 1. The van der Waals surface area contributed by atoms with Crippen molar-refractivity contribution in [1.82, 2.24) is 10.3 Å². The van der Waals surface area contributed by atoms with E-state index >= 15 is 0 Å². The van der Waals surface area contributed by atoms with Crippen LogP contribution in [0.25, 0.3) is 0 Å². The average molecular weight is 284 g/mol. The Hall–Kier alpha value is -0.940. The van der Waals surface area contributed by atoms with Crippen molar-refractivity contribution in [2.75, 3.05) is 6.54 Å². The summed E-state index contributed by atoms with van der Waals surface area (Å²) in [5.74, 6) is -0.752. The zero-order valence-electron chi connectivity index (χ0n) is 12.4. The molecule has 1 aromatic heterocycles. The second-order valence-corrected chi connectivity index (χ2v) is 7.37. The van der Waals surface area contributed by atoms with Crippen LogP contribution in [-0.4, -0.2) is 22.6 Å². The minimum absolute atomic E-state index is 0.0915. The zero-order chi connectivity index (χ0) is 14.7. The standard InChI is InChI=1S/C14H24N2O2S/c1-13(2,3)11-16-10(9-19-11)8-15-7-6-14(4,5)12(17)18/h9,15H,6-8H2,1-5H3,(H,17,18). The van der Waals surface area contributed by atoms with Crippen molar-refractivity contribution in [2.24, 2.45) is 5.41 Å². The molecule has 0 radical (unpaired) electrons. The molecule has 1 rings (SSSR count). The molecule has 1 heterocycles. The van der Waals surface area contributed by atoms with E-state index in [1.807, 2.05) is 0 Å². The molecule has 0 fully saturated rings. The van der Waals surface area contributed by atoms with E-state index in [2.05, 4.69) is 36.5 Å². The number of aromatic nitrogens is 1. The van der Waals surface area contributed by atoms with E-state index in [4.69, 9.17) is 5.11 Å². The van der Waals surface area contributed by atoms with Gasteiger partial charge in [0, 0.05) is 17.3 Å². The molecule has 108 valence electrons. The highest BCUT2D eigenvalue weighted by Gasteiger charge is 2.26. The van der Waals surface area contributed by atoms with Gasteiger partial charge in [-0.1, -0.05) is 20.8 Å². The number of aliphatic carboxylic acids is 1. The van der Waals surface area contributed by atoms with Crippen molar-refractivity contribution in [3.8, 4) is 0 Å². The number of nitrogens with one attached hydrogen (secondary N) is 1. The summed E-state index contributed by atoms with van der Waals surface area (Å²) in [6, 6.07) is 0. The smallest absolute Gasteiger partial charge is 0.309 e. The van der Waals surface area contributed by atoms with Gasteiger partial charge in [0.2, 0.25) is 0 Å². The van der Waals surface area contributed by atoms with E-state index in [0.717, 1.165) is 10.7 Å². The number of hydrogen-bond donors (Lipinski definition) is 2. The van der Waals surface area contributed by atoms with E-state index in [-0.39, 0.29) is 5.41 Å². The fourth-order valence-corrected chi connectivity index (χ4v) is 2.36. The van der Waals surface area contributed by atoms with Gasteiger partial charge in [0.05, 0.1) is 16.1 Å². The number of thiazole rings is 1. The van der Waals surface area contributed by atoms with Crippen LogP contribution in [0.5, 0.6) is 0 Å². The molecule has 1 aromatic rings. The van der Waals surface area contributed by atoms with Crippen LogP contribution < -0.4 is 5.32 Å². The Bertz CT molecular complexity index is 433. The normalized spacial score (nSPS) is 12.7. The fraction of sp³-hybridized carbons (Fsp3) is 0.714. The minimum Gasteiger partial charge on any atom is -0.481 e. The molecular formula is C14H24N2O2S. The summed E-state index contributed by atoms with van der Waals surface area (Å²) in [5.41, 5.74) is 0.447. The van der Waals surface area contributed by atoms with Crippen molar-refractivity contribution in [1.29, 1.82) is 0 Å². The van der Waals surface area contributed by atoms with Gasteiger partial charge in [-0.15, -0.1) is 11.3 Å². The lowest BCUT2D eigenvalue weighted by atomic mass is 9.90. The third-order valence-electron chi connectivity index (χ3n) is 3.01. The van der Waals surface area contributed by atoms with Gasteiger partial charge < -0.3 is 10.4 Å². The number of rotatable bonds is 6. The first-order chi connectivity index (χ1) is 8.63. The van der Waals surface area contributed by atoms with Crippen LogP contribution in [0.1, 0.15) is 51.7 Å². The largest absolute Gasteiger partial charge is 0.481 e. The first-order valence-electron chi connectivity index (χ1n) is 6.52. The van der Waals surface area contributed by atoms with E-state index in [9.17, 15) is 4.79 Å². The van der Waals surface area contributed by atoms with Gasteiger partial charge in [0.1, 0.15) is 0 Å². The monoisotopic (exact) mass is 284 g/mol. The molecule has 4 nitrogen and oxygen atoms in total. The molecule has 19 heavy (non-hydrogen) atoms. The van der Waals surface area contributed by atoms with E-state index < -0.39 is 11.4 Å². The summed E-state index contributed by atoms with van der Waals surface area (Å²) in [6.07, 6.45) is 0.610. The summed E-state index contributed by atoms with van der Waals surface area (Å²) >= 11 is 1.68. The Kier molecular flexibility index (Phi) is 5.10. The Balaban J connectivity index is 2.38.